The fraction of sp³-hybridized carbons (Fsp3) is 0. The highest BCUT2D eigenvalue weighted by atomic mass is 16.3. The molecule has 0 radical (unpaired) electrons. The summed E-state index contributed by atoms with van der Waals surface area (Å²) in [5.74, 6) is 1.74. The highest BCUT2D eigenvalue weighted by Crippen LogP contribution is 2.39. The number of benzene rings is 9. The van der Waals surface area contributed by atoms with Crippen LogP contribution in [0.2, 0.25) is 0 Å². The molecule has 0 atom stereocenters. The van der Waals surface area contributed by atoms with Crippen molar-refractivity contribution in [2.45, 2.75) is 0 Å². The lowest BCUT2D eigenvalue weighted by atomic mass is 9.91. The van der Waals surface area contributed by atoms with Crippen LogP contribution in [-0.4, -0.2) is 15.0 Å². The summed E-state index contributed by atoms with van der Waals surface area (Å²) in [5, 5.41) is 6.77. The Balaban J connectivity index is 1.11. The van der Waals surface area contributed by atoms with Crippen LogP contribution in [0.1, 0.15) is 0 Å². The third kappa shape index (κ3) is 5.74. The van der Waals surface area contributed by atoms with Gasteiger partial charge in [0.05, 0.1) is 5.56 Å². The average molecular weight is 728 g/mol. The van der Waals surface area contributed by atoms with E-state index in [0.29, 0.717) is 17.5 Å². The zero-order valence-corrected chi connectivity index (χ0v) is 30.8. The molecule has 2 heterocycles. The van der Waals surface area contributed by atoms with Gasteiger partial charge in [0.2, 0.25) is 0 Å². The van der Waals surface area contributed by atoms with E-state index in [-0.39, 0.29) is 0 Å². The van der Waals surface area contributed by atoms with Gasteiger partial charge >= 0.3 is 0 Å². The molecule has 0 spiro atoms. The molecule has 0 fully saturated rings. The van der Waals surface area contributed by atoms with Gasteiger partial charge in [0.25, 0.3) is 0 Å². The first-order valence-corrected chi connectivity index (χ1v) is 19.2. The molecule has 11 aromatic rings. The Labute approximate surface area is 329 Å². The van der Waals surface area contributed by atoms with E-state index in [9.17, 15) is 0 Å². The van der Waals surface area contributed by atoms with Crippen molar-refractivity contribution in [3.63, 3.8) is 0 Å². The van der Waals surface area contributed by atoms with Gasteiger partial charge in [-0.15, -0.1) is 0 Å². The first-order chi connectivity index (χ1) is 28.2. The van der Waals surface area contributed by atoms with Crippen molar-refractivity contribution in [1.82, 2.24) is 15.0 Å². The Morgan fingerprint density at radius 2 is 0.789 bits per heavy atom. The molecule has 0 amide bonds. The Bertz CT molecular complexity index is 3300. The maximum Gasteiger partial charge on any atom is 0.167 e. The van der Waals surface area contributed by atoms with Crippen molar-refractivity contribution < 1.29 is 4.42 Å². The summed E-state index contributed by atoms with van der Waals surface area (Å²) in [5.41, 5.74) is 11.2. The van der Waals surface area contributed by atoms with E-state index in [4.69, 9.17) is 19.4 Å². The van der Waals surface area contributed by atoms with Crippen molar-refractivity contribution in [2.75, 3.05) is 0 Å². The lowest BCUT2D eigenvalue weighted by molar-refractivity contribution is 0.669. The van der Waals surface area contributed by atoms with Gasteiger partial charge in [0, 0.05) is 21.9 Å². The van der Waals surface area contributed by atoms with Gasteiger partial charge in [0.15, 0.2) is 17.5 Å². The third-order valence-corrected chi connectivity index (χ3v) is 10.9. The second-order valence-corrected chi connectivity index (χ2v) is 14.3. The molecule has 0 saturated carbocycles. The lowest BCUT2D eigenvalue weighted by Gasteiger charge is -2.14. The normalized spacial score (nSPS) is 11.5. The van der Waals surface area contributed by atoms with Crippen molar-refractivity contribution in [2.24, 2.45) is 0 Å². The summed E-state index contributed by atoms with van der Waals surface area (Å²) < 4.78 is 6.51. The van der Waals surface area contributed by atoms with E-state index < -0.39 is 0 Å². The van der Waals surface area contributed by atoms with Crippen molar-refractivity contribution in [1.29, 1.82) is 0 Å². The van der Waals surface area contributed by atoms with E-state index in [1.54, 1.807) is 0 Å². The number of aromatic nitrogens is 3. The second-order valence-electron chi connectivity index (χ2n) is 14.3. The van der Waals surface area contributed by atoms with Gasteiger partial charge < -0.3 is 4.42 Å². The monoisotopic (exact) mass is 727 g/mol. The molecule has 0 aliphatic rings. The van der Waals surface area contributed by atoms with Crippen LogP contribution in [0.25, 0.3) is 111 Å². The molecule has 9 aromatic carbocycles. The van der Waals surface area contributed by atoms with E-state index in [2.05, 4.69) is 170 Å². The first-order valence-electron chi connectivity index (χ1n) is 19.2. The van der Waals surface area contributed by atoms with E-state index in [0.717, 1.165) is 71.7 Å². The van der Waals surface area contributed by atoms with Crippen LogP contribution < -0.4 is 0 Å². The zero-order valence-electron chi connectivity index (χ0n) is 30.8. The quantitative estimate of drug-likeness (QED) is 0.171. The van der Waals surface area contributed by atoms with Crippen molar-refractivity contribution in [3.05, 3.63) is 200 Å². The average Bonchev–Trinajstić information content (AvgIpc) is 3.68. The van der Waals surface area contributed by atoms with E-state index in [1.165, 1.54) is 21.9 Å². The Hall–Kier alpha value is -7.69. The predicted molar refractivity (Wildman–Crippen MR) is 235 cm³/mol. The summed E-state index contributed by atoms with van der Waals surface area (Å²) in [6.45, 7) is 0. The van der Waals surface area contributed by atoms with Gasteiger partial charge in [-0.3, -0.25) is 0 Å². The van der Waals surface area contributed by atoms with Gasteiger partial charge in [-0.05, 0) is 79.2 Å². The maximum atomic E-state index is 6.51. The third-order valence-electron chi connectivity index (χ3n) is 10.9. The maximum absolute atomic E-state index is 6.51. The topological polar surface area (TPSA) is 51.8 Å². The molecule has 11 rings (SSSR count). The minimum Gasteiger partial charge on any atom is -0.455 e. The van der Waals surface area contributed by atoms with Crippen molar-refractivity contribution in [3.8, 4) is 67.5 Å². The second kappa shape index (κ2) is 13.6. The highest BCUT2D eigenvalue weighted by molar-refractivity contribution is 6.09. The molecular weight excluding hydrogens is 695 g/mol. The molecule has 0 N–H and O–H groups in total. The Morgan fingerprint density at radius 1 is 0.281 bits per heavy atom. The number of rotatable bonds is 6. The largest absolute Gasteiger partial charge is 0.455 e. The molecule has 57 heavy (non-hydrogen) atoms. The van der Waals surface area contributed by atoms with E-state index in [1.807, 2.05) is 30.3 Å². The molecule has 0 aliphatic heterocycles. The SMILES string of the molecule is c1ccc(-c2cccc3ccc(-c4nc(-c5cccc(-c6ccc(-c7ccccc7)c7ccccc67)c5)nc(-c5cccc6c5oc5ccccc56)n4)cc23)cc1. The van der Waals surface area contributed by atoms with Crippen LogP contribution in [0.15, 0.2) is 205 Å². The highest BCUT2D eigenvalue weighted by Gasteiger charge is 2.19. The van der Waals surface area contributed by atoms with Crippen LogP contribution in [0.3, 0.4) is 0 Å². The molecule has 0 saturated heterocycles. The predicted octanol–water partition coefficient (Wildman–Crippen LogP) is 14.1. The van der Waals surface area contributed by atoms with E-state index >= 15 is 0 Å². The Morgan fingerprint density at radius 3 is 1.53 bits per heavy atom. The smallest absolute Gasteiger partial charge is 0.167 e. The van der Waals surface area contributed by atoms with Crippen LogP contribution in [0, 0.1) is 0 Å². The van der Waals surface area contributed by atoms with Gasteiger partial charge in [-0.2, -0.15) is 0 Å². The molecule has 4 heteroatoms. The minimum atomic E-state index is 0.555. The van der Waals surface area contributed by atoms with Crippen LogP contribution >= 0.6 is 0 Å². The molecular formula is C53H33N3O. The summed E-state index contributed by atoms with van der Waals surface area (Å²) in [7, 11) is 0. The molecule has 4 nitrogen and oxygen atoms in total. The van der Waals surface area contributed by atoms with Crippen LogP contribution in [0.5, 0.6) is 0 Å². The number of hydrogen-bond donors (Lipinski definition) is 0. The summed E-state index contributed by atoms with van der Waals surface area (Å²) in [6, 6.07) is 70.0. The fourth-order valence-electron chi connectivity index (χ4n) is 8.21. The van der Waals surface area contributed by atoms with Gasteiger partial charge in [-0.25, -0.2) is 15.0 Å². The lowest BCUT2D eigenvalue weighted by Crippen LogP contribution is -2.00. The summed E-state index contributed by atoms with van der Waals surface area (Å²) in [4.78, 5) is 15.7. The molecule has 2 aromatic heterocycles. The summed E-state index contributed by atoms with van der Waals surface area (Å²) >= 11 is 0. The van der Waals surface area contributed by atoms with Crippen molar-refractivity contribution >= 4 is 43.5 Å². The molecule has 0 unspecified atom stereocenters. The van der Waals surface area contributed by atoms with Gasteiger partial charge in [0.1, 0.15) is 11.2 Å². The first kappa shape index (κ1) is 32.7. The number of para-hydroxylation sites is 2. The van der Waals surface area contributed by atoms with Gasteiger partial charge in [-0.1, -0.05) is 176 Å². The number of fused-ring (bicyclic) bond motifs is 5. The number of nitrogens with zero attached hydrogens (tertiary/aromatic N) is 3. The number of furan rings is 1. The fourth-order valence-corrected chi connectivity index (χ4v) is 8.21. The standard InChI is InChI=1S/C53H33N3O/c1-3-14-34(15-4-1)40-24-12-18-36-28-29-39(33-48(36)40)52-54-51(55-53(56-52)47-26-13-25-46-45-23-9-10-27-49(45)57-50(46)47)38-20-11-19-37(32-38)42-31-30-41(35-16-5-2-6-17-35)43-21-7-8-22-44(42)43/h1-33H. The van der Waals surface area contributed by atoms with Crippen LogP contribution in [0.4, 0.5) is 0 Å². The molecule has 0 bridgehead atoms. The van der Waals surface area contributed by atoms with Crippen LogP contribution in [-0.2, 0) is 0 Å². The zero-order chi connectivity index (χ0) is 37.7. The molecule has 266 valence electrons. The minimum absolute atomic E-state index is 0.555. The number of hydrogen-bond acceptors (Lipinski definition) is 4. The molecule has 0 aliphatic carbocycles. The Kier molecular flexibility index (Phi) is 7.78. The summed E-state index contributed by atoms with van der Waals surface area (Å²) in [6.07, 6.45) is 0.